The van der Waals surface area contributed by atoms with Gasteiger partial charge < -0.3 is 15.5 Å². The number of pyridine rings is 1. The quantitative estimate of drug-likeness (QED) is 0.816. The second-order valence-corrected chi connectivity index (χ2v) is 5.47. The monoisotopic (exact) mass is 262 g/mol. The van der Waals surface area contributed by atoms with Gasteiger partial charge in [0.25, 0.3) is 0 Å². The van der Waals surface area contributed by atoms with Gasteiger partial charge in [0.1, 0.15) is 5.82 Å². The number of anilines is 1. The van der Waals surface area contributed by atoms with Gasteiger partial charge in [-0.1, -0.05) is 0 Å². The summed E-state index contributed by atoms with van der Waals surface area (Å²) in [5.74, 6) is 0.420. The lowest BCUT2D eigenvalue weighted by molar-refractivity contribution is 0.0810. The van der Waals surface area contributed by atoms with Gasteiger partial charge in [-0.3, -0.25) is 4.79 Å². The fraction of sp³-hybridized carbons (Fsp3) is 0.571. The minimum Gasteiger partial charge on any atom is -0.383 e. The van der Waals surface area contributed by atoms with E-state index in [2.05, 4.69) is 28.9 Å². The molecule has 0 radical (unpaired) electrons. The second kappa shape index (κ2) is 5.67. The zero-order valence-corrected chi connectivity index (χ0v) is 11.9. The van der Waals surface area contributed by atoms with Crippen LogP contribution in [0.3, 0.4) is 0 Å². The van der Waals surface area contributed by atoms with E-state index in [0.717, 1.165) is 25.2 Å². The molecule has 0 bridgehead atoms. The van der Waals surface area contributed by atoms with Gasteiger partial charge in [-0.25, -0.2) is 4.98 Å². The lowest BCUT2D eigenvalue weighted by Crippen LogP contribution is -2.50. The summed E-state index contributed by atoms with van der Waals surface area (Å²) in [5, 5.41) is 0. The van der Waals surface area contributed by atoms with E-state index < -0.39 is 0 Å². The Morgan fingerprint density at radius 2 is 2.21 bits per heavy atom. The Morgan fingerprint density at radius 3 is 2.95 bits per heavy atom. The molecule has 1 fully saturated rings. The zero-order chi connectivity index (χ0) is 14.0. The maximum Gasteiger partial charge on any atom is 0.168 e. The molecule has 2 rings (SSSR count). The number of likely N-dealkylation sites (N-methyl/N-ethyl adjacent to an activating group) is 2. The van der Waals surface area contributed by atoms with Gasteiger partial charge >= 0.3 is 0 Å². The summed E-state index contributed by atoms with van der Waals surface area (Å²) in [6.45, 7) is 4.89. The molecular weight excluding hydrogens is 240 g/mol. The van der Waals surface area contributed by atoms with Crippen molar-refractivity contribution in [2.24, 2.45) is 0 Å². The van der Waals surface area contributed by atoms with Gasteiger partial charge in [0.15, 0.2) is 5.78 Å². The van der Waals surface area contributed by atoms with Gasteiger partial charge in [0, 0.05) is 38.3 Å². The molecule has 1 aromatic rings. The molecule has 0 spiro atoms. The second-order valence-electron chi connectivity index (χ2n) is 5.47. The summed E-state index contributed by atoms with van der Waals surface area (Å²) in [6, 6.07) is 2.09. The standard InChI is InChI=1S/C14H22N4O/c1-10-6-12(14(15)16-8-10)13(19)7-11-9-17(2)4-5-18(11)3/h6,8,11H,4-5,7,9H2,1-3H3,(H2,15,16). The topological polar surface area (TPSA) is 62.5 Å². The fourth-order valence-corrected chi connectivity index (χ4v) is 2.45. The van der Waals surface area contributed by atoms with E-state index in [0.29, 0.717) is 17.8 Å². The van der Waals surface area contributed by atoms with Crippen molar-refractivity contribution in [2.75, 3.05) is 39.5 Å². The van der Waals surface area contributed by atoms with Crippen molar-refractivity contribution in [3.8, 4) is 0 Å². The predicted molar refractivity (Wildman–Crippen MR) is 76.2 cm³/mol. The third kappa shape index (κ3) is 3.30. The molecule has 1 aromatic heterocycles. The van der Waals surface area contributed by atoms with E-state index in [1.54, 1.807) is 6.20 Å². The highest BCUT2D eigenvalue weighted by Crippen LogP contribution is 2.17. The molecule has 1 aliphatic heterocycles. The SMILES string of the molecule is Cc1cnc(N)c(C(=O)CC2CN(C)CCN2C)c1. The lowest BCUT2D eigenvalue weighted by atomic mass is 10.0. The first-order valence-corrected chi connectivity index (χ1v) is 6.61. The molecule has 5 nitrogen and oxygen atoms in total. The molecule has 2 N–H and O–H groups in total. The molecule has 19 heavy (non-hydrogen) atoms. The average Bonchev–Trinajstić information content (AvgIpc) is 2.36. The third-order valence-electron chi connectivity index (χ3n) is 3.76. The number of rotatable bonds is 3. The average molecular weight is 262 g/mol. The van der Waals surface area contributed by atoms with Crippen LogP contribution >= 0.6 is 0 Å². The van der Waals surface area contributed by atoms with Crippen LogP contribution in [-0.4, -0.2) is 60.3 Å². The van der Waals surface area contributed by atoms with Crippen LogP contribution in [0.25, 0.3) is 0 Å². The van der Waals surface area contributed by atoms with Crippen LogP contribution in [0.2, 0.25) is 0 Å². The summed E-state index contributed by atoms with van der Waals surface area (Å²) < 4.78 is 0. The molecule has 1 saturated heterocycles. The first kappa shape index (κ1) is 14.0. The predicted octanol–water partition coefficient (Wildman–Crippen LogP) is 0.791. The number of aromatic nitrogens is 1. The van der Waals surface area contributed by atoms with E-state index in [1.165, 1.54) is 0 Å². The van der Waals surface area contributed by atoms with E-state index in [-0.39, 0.29) is 11.8 Å². The number of carbonyl (C=O) groups is 1. The molecule has 0 amide bonds. The molecule has 1 atom stereocenters. The summed E-state index contributed by atoms with van der Waals surface area (Å²) >= 11 is 0. The van der Waals surface area contributed by atoms with Crippen LogP contribution in [0.1, 0.15) is 22.3 Å². The number of nitrogen functional groups attached to an aromatic ring is 1. The number of aryl methyl sites for hydroxylation is 1. The molecule has 104 valence electrons. The Kier molecular flexibility index (Phi) is 4.17. The molecule has 2 heterocycles. The first-order valence-electron chi connectivity index (χ1n) is 6.61. The van der Waals surface area contributed by atoms with Crippen LogP contribution in [0.4, 0.5) is 5.82 Å². The number of hydrogen-bond donors (Lipinski definition) is 1. The van der Waals surface area contributed by atoms with Crippen molar-refractivity contribution in [1.82, 2.24) is 14.8 Å². The normalized spacial score (nSPS) is 21.5. The number of nitrogens with two attached hydrogens (primary N) is 1. The lowest BCUT2D eigenvalue weighted by Gasteiger charge is -2.37. The van der Waals surface area contributed by atoms with Crippen LogP contribution in [0.15, 0.2) is 12.3 Å². The third-order valence-corrected chi connectivity index (χ3v) is 3.76. The highest BCUT2D eigenvalue weighted by Gasteiger charge is 2.25. The number of ketones is 1. The molecule has 0 saturated carbocycles. The van der Waals surface area contributed by atoms with Gasteiger partial charge in [0.2, 0.25) is 0 Å². The van der Waals surface area contributed by atoms with E-state index in [9.17, 15) is 4.79 Å². The van der Waals surface area contributed by atoms with Crippen molar-refractivity contribution < 1.29 is 4.79 Å². The van der Waals surface area contributed by atoms with Crippen molar-refractivity contribution in [3.63, 3.8) is 0 Å². The van der Waals surface area contributed by atoms with E-state index in [4.69, 9.17) is 5.73 Å². The van der Waals surface area contributed by atoms with Crippen LogP contribution < -0.4 is 5.73 Å². The van der Waals surface area contributed by atoms with Gasteiger partial charge in [-0.2, -0.15) is 0 Å². The van der Waals surface area contributed by atoms with Crippen molar-refractivity contribution in [3.05, 3.63) is 23.4 Å². The summed E-state index contributed by atoms with van der Waals surface area (Å²) in [5.41, 5.74) is 7.32. The van der Waals surface area contributed by atoms with Gasteiger partial charge in [0.05, 0.1) is 5.56 Å². The summed E-state index contributed by atoms with van der Waals surface area (Å²) in [7, 11) is 4.16. The molecule has 0 aromatic carbocycles. The summed E-state index contributed by atoms with van der Waals surface area (Å²) in [6.07, 6.45) is 2.18. The Labute approximate surface area is 114 Å². The maximum atomic E-state index is 12.4. The van der Waals surface area contributed by atoms with Gasteiger partial charge in [-0.05, 0) is 32.6 Å². The van der Waals surface area contributed by atoms with E-state index >= 15 is 0 Å². The number of Topliss-reactive ketones (excluding diaryl/α,β-unsaturated/α-hetero) is 1. The van der Waals surface area contributed by atoms with Crippen LogP contribution in [-0.2, 0) is 0 Å². The van der Waals surface area contributed by atoms with E-state index in [1.807, 2.05) is 13.0 Å². The smallest absolute Gasteiger partial charge is 0.168 e. The largest absolute Gasteiger partial charge is 0.383 e. The van der Waals surface area contributed by atoms with Gasteiger partial charge in [-0.15, -0.1) is 0 Å². The molecular formula is C14H22N4O. The van der Waals surface area contributed by atoms with Crippen molar-refractivity contribution in [1.29, 1.82) is 0 Å². The molecule has 5 heteroatoms. The minimum atomic E-state index is 0.0841. The molecule has 1 unspecified atom stereocenters. The fourth-order valence-electron chi connectivity index (χ4n) is 2.45. The molecule has 1 aliphatic rings. The van der Waals surface area contributed by atoms with Crippen molar-refractivity contribution >= 4 is 11.6 Å². The van der Waals surface area contributed by atoms with Crippen LogP contribution in [0, 0.1) is 6.92 Å². The Morgan fingerprint density at radius 1 is 1.47 bits per heavy atom. The number of nitrogens with zero attached hydrogens (tertiary/aromatic N) is 3. The highest BCUT2D eigenvalue weighted by atomic mass is 16.1. The number of piperazine rings is 1. The molecule has 0 aliphatic carbocycles. The van der Waals surface area contributed by atoms with Crippen molar-refractivity contribution in [2.45, 2.75) is 19.4 Å². The van der Waals surface area contributed by atoms with Crippen LogP contribution in [0.5, 0.6) is 0 Å². The minimum absolute atomic E-state index is 0.0841. The number of hydrogen-bond acceptors (Lipinski definition) is 5. The Hall–Kier alpha value is -1.46. The summed E-state index contributed by atoms with van der Waals surface area (Å²) in [4.78, 5) is 20.9. The first-order chi connectivity index (χ1) is 8.97. The zero-order valence-electron chi connectivity index (χ0n) is 11.9. The Balaban J connectivity index is 2.10. The Bertz CT molecular complexity index is 475. The number of carbonyl (C=O) groups excluding carboxylic acids is 1. The highest BCUT2D eigenvalue weighted by molar-refractivity contribution is 6.00. The maximum absolute atomic E-state index is 12.4.